The van der Waals surface area contributed by atoms with Gasteiger partial charge in [-0.15, -0.1) is 0 Å². The maximum atomic E-state index is 10.9. The maximum Gasteiger partial charge on any atom is 0.124 e. The van der Waals surface area contributed by atoms with Crippen LogP contribution in [0.5, 0.6) is 0 Å². The molecule has 0 saturated carbocycles. The van der Waals surface area contributed by atoms with Gasteiger partial charge in [-0.05, 0) is 35.0 Å². The van der Waals surface area contributed by atoms with Crippen molar-refractivity contribution in [1.29, 1.82) is 0 Å². The molecular formula is C10H6O6S2-2. The third-order valence-electron chi connectivity index (χ3n) is 2.23. The molecule has 6 nitrogen and oxygen atoms in total. The van der Waals surface area contributed by atoms with Gasteiger partial charge in [0.25, 0.3) is 0 Å². The molecule has 0 aliphatic rings. The van der Waals surface area contributed by atoms with E-state index < -0.39 is 10.1 Å². The van der Waals surface area contributed by atoms with E-state index in [0.717, 1.165) is 5.39 Å². The normalized spacial score (nSPS) is 11.9. The molecule has 0 saturated heterocycles. The monoisotopic (exact) mass is 286 g/mol. The molecule has 0 fully saturated rings. The highest BCUT2D eigenvalue weighted by Crippen LogP contribution is 2.26. The van der Waals surface area contributed by atoms with Gasteiger partial charge in [0.15, 0.2) is 0 Å². The highest BCUT2D eigenvalue weighted by molar-refractivity contribution is 7.94. The van der Waals surface area contributed by atoms with Gasteiger partial charge < -0.3 is 9.81 Å². The lowest BCUT2D eigenvalue weighted by Crippen LogP contribution is -2.00. The Morgan fingerprint density at radius 2 is 1.78 bits per heavy atom. The fraction of sp³-hybridized carbons (Fsp3) is 0. The van der Waals surface area contributed by atoms with Gasteiger partial charge in [0.2, 0.25) is 0 Å². The van der Waals surface area contributed by atoms with Crippen LogP contribution in [0.1, 0.15) is 0 Å². The first-order chi connectivity index (χ1) is 8.50. The molecule has 0 aromatic heterocycles. The van der Waals surface area contributed by atoms with Crippen LogP contribution in [0.25, 0.3) is 10.8 Å². The highest BCUT2D eigenvalue weighted by Gasteiger charge is 2.04. The van der Waals surface area contributed by atoms with Crippen molar-refractivity contribution in [2.24, 2.45) is 0 Å². The molecule has 0 spiro atoms. The predicted octanol–water partition coefficient (Wildman–Crippen LogP) is 0.975. The minimum absolute atomic E-state index is 0.307. The predicted molar refractivity (Wildman–Crippen MR) is 59.9 cm³/mol. The molecule has 0 bridgehead atoms. The SMILES string of the molecule is O=S(=O)([O-])c1ccc2ccc(SOO[O-])cc2c1. The molecule has 0 amide bonds. The van der Waals surface area contributed by atoms with E-state index >= 15 is 0 Å². The molecule has 0 unspecified atom stereocenters. The van der Waals surface area contributed by atoms with Crippen LogP contribution in [0.3, 0.4) is 0 Å². The Labute approximate surface area is 107 Å². The number of rotatable bonds is 4. The Bertz CT molecular complexity index is 667. The zero-order chi connectivity index (χ0) is 13.2. The molecule has 0 atom stereocenters. The lowest BCUT2D eigenvalue weighted by atomic mass is 10.1. The van der Waals surface area contributed by atoms with E-state index in [4.69, 9.17) is 0 Å². The summed E-state index contributed by atoms with van der Waals surface area (Å²) in [5.74, 6) is 0. The fourth-order valence-electron chi connectivity index (χ4n) is 1.46. The van der Waals surface area contributed by atoms with Crippen molar-refractivity contribution >= 4 is 32.9 Å². The van der Waals surface area contributed by atoms with Crippen molar-refractivity contribution in [3.63, 3.8) is 0 Å². The Morgan fingerprint density at radius 3 is 2.44 bits per heavy atom. The van der Waals surface area contributed by atoms with Crippen LogP contribution in [0, 0.1) is 0 Å². The molecule has 0 radical (unpaired) electrons. The molecule has 2 aromatic carbocycles. The van der Waals surface area contributed by atoms with Gasteiger partial charge in [-0.1, -0.05) is 12.1 Å². The Kier molecular flexibility index (Phi) is 3.85. The summed E-state index contributed by atoms with van der Waals surface area (Å²) in [5.41, 5.74) is 0. The molecule has 18 heavy (non-hydrogen) atoms. The summed E-state index contributed by atoms with van der Waals surface area (Å²) in [7, 11) is -4.49. The molecule has 0 aliphatic carbocycles. The zero-order valence-electron chi connectivity index (χ0n) is 8.73. The van der Waals surface area contributed by atoms with Gasteiger partial charge >= 0.3 is 0 Å². The summed E-state index contributed by atoms with van der Waals surface area (Å²) < 4.78 is 36.8. The van der Waals surface area contributed by atoms with Crippen molar-refractivity contribution in [2.75, 3.05) is 0 Å². The summed E-state index contributed by atoms with van der Waals surface area (Å²) in [6.45, 7) is 0. The number of benzene rings is 2. The second-order valence-corrected chi connectivity index (χ2v) is 5.50. The standard InChI is InChI=1S/C10H8O6S2/c11-15-16-17-9-3-1-7-2-4-10(18(12,13)14)6-8(7)5-9/h1-6,11H,(H,12,13,14)/p-2. The molecule has 2 aromatic rings. The van der Waals surface area contributed by atoms with Crippen molar-refractivity contribution < 1.29 is 27.6 Å². The molecule has 0 aliphatic heterocycles. The van der Waals surface area contributed by atoms with E-state index in [1.54, 1.807) is 18.2 Å². The van der Waals surface area contributed by atoms with Crippen LogP contribution in [0.4, 0.5) is 0 Å². The van der Waals surface area contributed by atoms with Crippen LogP contribution in [0.15, 0.2) is 46.2 Å². The van der Waals surface area contributed by atoms with Crippen LogP contribution in [-0.2, 0) is 19.5 Å². The van der Waals surface area contributed by atoms with Crippen molar-refractivity contribution in [3.05, 3.63) is 36.4 Å². The minimum Gasteiger partial charge on any atom is -0.744 e. The summed E-state index contributed by atoms with van der Waals surface area (Å²) in [6.07, 6.45) is 0. The summed E-state index contributed by atoms with van der Waals surface area (Å²) >= 11 is 0.686. The lowest BCUT2D eigenvalue weighted by molar-refractivity contribution is -0.777. The van der Waals surface area contributed by atoms with Crippen LogP contribution >= 0.6 is 12.0 Å². The van der Waals surface area contributed by atoms with Gasteiger partial charge in [-0.25, -0.2) is 8.42 Å². The number of fused-ring (bicyclic) bond motifs is 1. The zero-order valence-corrected chi connectivity index (χ0v) is 10.4. The van der Waals surface area contributed by atoms with Gasteiger partial charge in [-0.3, -0.25) is 5.04 Å². The first-order valence-electron chi connectivity index (χ1n) is 4.63. The summed E-state index contributed by atoms with van der Waals surface area (Å²) in [6, 6.07) is 8.98. The average molecular weight is 286 g/mol. The third-order valence-corrected chi connectivity index (χ3v) is 3.63. The lowest BCUT2D eigenvalue weighted by Gasteiger charge is -2.09. The first-order valence-corrected chi connectivity index (χ1v) is 6.78. The van der Waals surface area contributed by atoms with E-state index in [0.29, 0.717) is 22.3 Å². The van der Waals surface area contributed by atoms with Crippen LogP contribution < -0.4 is 5.26 Å². The molecule has 0 N–H and O–H groups in total. The van der Waals surface area contributed by atoms with E-state index in [1.165, 1.54) is 18.2 Å². The topological polar surface area (TPSA) is 98.7 Å². The second-order valence-electron chi connectivity index (χ2n) is 3.34. The van der Waals surface area contributed by atoms with Crippen molar-refractivity contribution in [2.45, 2.75) is 9.79 Å². The fourth-order valence-corrected chi connectivity index (χ4v) is 2.37. The Morgan fingerprint density at radius 1 is 1.06 bits per heavy atom. The van der Waals surface area contributed by atoms with E-state index in [-0.39, 0.29) is 4.90 Å². The van der Waals surface area contributed by atoms with E-state index in [2.05, 4.69) is 9.37 Å². The molecule has 2 rings (SSSR count). The van der Waals surface area contributed by atoms with Gasteiger partial charge in [0.05, 0.1) is 16.9 Å². The van der Waals surface area contributed by atoms with E-state index in [9.17, 15) is 18.2 Å². The smallest absolute Gasteiger partial charge is 0.124 e. The summed E-state index contributed by atoms with van der Waals surface area (Å²) in [4.78, 5) is 0.233. The summed E-state index contributed by atoms with van der Waals surface area (Å²) in [5, 5.41) is 14.2. The van der Waals surface area contributed by atoms with Crippen molar-refractivity contribution in [1.82, 2.24) is 0 Å². The number of hydrogen-bond acceptors (Lipinski definition) is 7. The molecule has 0 heterocycles. The average Bonchev–Trinajstić information content (AvgIpc) is 2.34. The molecule has 8 heteroatoms. The van der Waals surface area contributed by atoms with E-state index in [1.807, 2.05) is 0 Å². The molecule has 96 valence electrons. The largest absolute Gasteiger partial charge is 0.744 e. The first kappa shape index (κ1) is 13.3. The Balaban J connectivity index is 2.46. The minimum atomic E-state index is -4.49. The molecular weight excluding hydrogens is 280 g/mol. The van der Waals surface area contributed by atoms with Crippen molar-refractivity contribution in [3.8, 4) is 0 Å². The number of hydrogen-bond donors (Lipinski definition) is 0. The quantitative estimate of drug-likeness (QED) is 0.357. The second kappa shape index (κ2) is 5.22. The highest BCUT2D eigenvalue weighted by atomic mass is 32.2. The van der Waals surface area contributed by atoms with Gasteiger partial charge in [-0.2, -0.15) is 4.33 Å². The van der Waals surface area contributed by atoms with Gasteiger partial charge in [0.1, 0.15) is 10.1 Å². The Hall–Kier alpha value is -1.16. The van der Waals surface area contributed by atoms with Crippen LogP contribution in [-0.4, -0.2) is 13.0 Å². The third kappa shape index (κ3) is 2.99. The van der Waals surface area contributed by atoms with Crippen LogP contribution in [0.2, 0.25) is 0 Å². The maximum absolute atomic E-state index is 10.9. The van der Waals surface area contributed by atoms with Gasteiger partial charge in [0, 0.05) is 4.90 Å².